The van der Waals surface area contributed by atoms with E-state index in [1.165, 1.54) is 148 Å². The third-order valence-corrected chi connectivity index (χ3v) is 12.9. The van der Waals surface area contributed by atoms with Gasteiger partial charge in [0.2, 0.25) is 0 Å². The fourth-order valence-corrected chi connectivity index (χ4v) is 9.09. The van der Waals surface area contributed by atoms with Crippen molar-refractivity contribution in [2.45, 2.75) is 258 Å². The van der Waals surface area contributed by atoms with Gasteiger partial charge >= 0.3 is 11.9 Å². The first-order valence-corrected chi connectivity index (χ1v) is 25.6. The zero-order valence-electron chi connectivity index (χ0n) is 39.1. The highest BCUT2D eigenvalue weighted by Gasteiger charge is 2.27. The number of rotatable bonds is 42. The molecule has 0 spiro atoms. The van der Waals surface area contributed by atoms with Crippen LogP contribution in [0.2, 0.25) is 0 Å². The summed E-state index contributed by atoms with van der Waals surface area (Å²) in [5, 5.41) is 0. The molecule has 1 aliphatic rings. The number of hydrogen-bond acceptors (Lipinski definition) is 6. The third kappa shape index (κ3) is 30.5. The zero-order valence-corrected chi connectivity index (χ0v) is 39.1. The van der Waals surface area contributed by atoms with Crippen LogP contribution < -0.4 is 0 Å². The van der Waals surface area contributed by atoms with Crippen molar-refractivity contribution in [2.75, 3.05) is 40.0 Å². The van der Waals surface area contributed by atoms with E-state index in [0.29, 0.717) is 19.3 Å². The van der Waals surface area contributed by atoms with Gasteiger partial charge in [-0.05, 0) is 95.9 Å². The van der Waals surface area contributed by atoms with Crippen molar-refractivity contribution in [2.24, 2.45) is 17.8 Å². The summed E-state index contributed by atoms with van der Waals surface area (Å²) >= 11 is 0. The van der Waals surface area contributed by atoms with E-state index >= 15 is 0 Å². The van der Waals surface area contributed by atoms with E-state index in [1.807, 2.05) is 0 Å². The second-order valence-corrected chi connectivity index (χ2v) is 18.2. The molecule has 1 heterocycles. The molecule has 0 aromatic rings. The second-order valence-electron chi connectivity index (χ2n) is 18.2. The van der Waals surface area contributed by atoms with Gasteiger partial charge in [-0.15, -0.1) is 0 Å². The molecule has 6 heteroatoms. The Labute approximate surface area is 355 Å². The summed E-state index contributed by atoms with van der Waals surface area (Å²) in [6, 6.07) is 0.665. The number of unbranched alkanes of at least 4 members (excludes halogenated alkanes) is 20. The average Bonchev–Trinajstić information content (AvgIpc) is 3.22. The lowest BCUT2D eigenvalue weighted by Crippen LogP contribution is -2.44. The summed E-state index contributed by atoms with van der Waals surface area (Å²) in [4.78, 5) is 29.0. The Bertz CT molecular complexity index is 882. The van der Waals surface area contributed by atoms with E-state index in [0.717, 1.165) is 103 Å². The summed E-state index contributed by atoms with van der Waals surface area (Å²) in [6.07, 6.45) is 42.0. The summed E-state index contributed by atoms with van der Waals surface area (Å²) < 4.78 is 17.2. The largest absolute Gasteiger partial charge is 0.465 e. The lowest BCUT2D eigenvalue weighted by Gasteiger charge is -2.40. The number of hydrogen-bond donors (Lipinski definition) is 0. The van der Waals surface area contributed by atoms with Crippen LogP contribution in [-0.2, 0) is 23.8 Å². The molecule has 0 aromatic heterocycles. The average molecular weight is 806 g/mol. The van der Waals surface area contributed by atoms with Crippen LogP contribution in [0.3, 0.4) is 0 Å². The Balaban J connectivity index is 2.45. The van der Waals surface area contributed by atoms with Crippen molar-refractivity contribution < 1.29 is 23.8 Å². The van der Waals surface area contributed by atoms with Crippen LogP contribution in [0.25, 0.3) is 0 Å². The maximum atomic E-state index is 13.1. The molecule has 1 fully saturated rings. The maximum absolute atomic E-state index is 13.1. The SMILES string of the molecule is CCCCCCCCC(CCCCCC)C(=O)OCCCCCC1CCC(CCCCOC(=O)C(CCCCCC)CCCCCCCC)CN1CCCCOC. The highest BCUT2D eigenvalue weighted by atomic mass is 16.5. The Morgan fingerprint density at radius 2 is 0.877 bits per heavy atom. The van der Waals surface area contributed by atoms with E-state index in [-0.39, 0.29) is 23.8 Å². The molecule has 0 amide bonds. The first kappa shape index (κ1) is 53.9. The van der Waals surface area contributed by atoms with Crippen LogP contribution in [-0.4, -0.2) is 62.9 Å². The molecular weight excluding hydrogens is 707 g/mol. The standard InChI is InChI=1S/C51H99NO5/c1-6-10-14-18-20-25-36-47(34-23-16-12-8-3)50(53)56-43-30-22-27-38-49-40-39-46(45-52(49)41-29-32-42-55-5)33-28-31-44-57-51(54)48(35-24-17-13-9-4)37-26-21-19-15-11-7-2/h46-49H,6-45H2,1-5H3. The Morgan fingerprint density at radius 3 is 1.37 bits per heavy atom. The summed E-state index contributed by atoms with van der Waals surface area (Å²) in [5.41, 5.74) is 0. The van der Waals surface area contributed by atoms with Crippen LogP contribution in [0.15, 0.2) is 0 Å². The molecule has 1 rings (SSSR count). The highest BCUT2D eigenvalue weighted by Crippen LogP contribution is 2.29. The van der Waals surface area contributed by atoms with Crippen molar-refractivity contribution >= 4 is 11.9 Å². The number of ether oxygens (including phenoxy) is 3. The van der Waals surface area contributed by atoms with Crippen molar-refractivity contribution in [1.29, 1.82) is 0 Å². The molecule has 0 radical (unpaired) electrons. The topological polar surface area (TPSA) is 65.1 Å². The molecule has 0 aromatic carbocycles. The maximum Gasteiger partial charge on any atom is 0.308 e. The monoisotopic (exact) mass is 806 g/mol. The molecule has 0 aliphatic carbocycles. The molecule has 0 bridgehead atoms. The number of carbonyl (C=O) groups excluding carboxylic acids is 2. The predicted octanol–water partition coefficient (Wildman–Crippen LogP) is 15.0. The molecule has 1 saturated heterocycles. The Morgan fingerprint density at radius 1 is 0.474 bits per heavy atom. The number of esters is 2. The predicted molar refractivity (Wildman–Crippen MR) is 244 cm³/mol. The molecule has 4 unspecified atom stereocenters. The number of nitrogens with zero attached hydrogens (tertiary/aromatic N) is 1. The summed E-state index contributed by atoms with van der Waals surface area (Å²) in [5.74, 6) is 1.09. The minimum absolute atomic E-state index is 0.0734. The number of piperidine rings is 1. The number of methoxy groups -OCH3 is 1. The lowest BCUT2D eigenvalue weighted by atomic mass is 9.87. The Hall–Kier alpha value is -1.14. The molecule has 4 atom stereocenters. The van der Waals surface area contributed by atoms with Gasteiger partial charge in [0.05, 0.1) is 25.0 Å². The minimum atomic E-state index is 0.0734. The van der Waals surface area contributed by atoms with Crippen molar-refractivity contribution in [3.05, 3.63) is 0 Å². The number of likely N-dealkylation sites (tertiary alicyclic amines) is 1. The van der Waals surface area contributed by atoms with E-state index in [2.05, 4.69) is 32.6 Å². The van der Waals surface area contributed by atoms with Gasteiger partial charge in [0.15, 0.2) is 0 Å². The van der Waals surface area contributed by atoms with Crippen molar-refractivity contribution in [3.63, 3.8) is 0 Å². The fraction of sp³-hybridized carbons (Fsp3) is 0.961. The van der Waals surface area contributed by atoms with Gasteiger partial charge in [0, 0.05) is 26.3 Å². The molecule has 338 valence electrons. The van der Waals surface area contributed by atoms with Crippen molar-refractivity contribution in [1.82, 2.24) is 4.90 Å². The molecular formula is C51H99NO5. The van der Waals surface area contributed by atoms with Crippen LogP contribution in [0, 0.1) is 17.8 Å². The second kappa shape index (κ2) is 40.3. The normalized spacial score (nSPS) is 17.1. The first-order valence-electron chi connectivity index (χ1n) is 25.6. The van der Waals surface area contributed by atoms with Crippen LogP contribution in [0.4, 0.5) is 0 Å². The van der Waals surface area contributed by atoms with Crippen LogP contribution in [0.1, 0.15) is 252 Å². The van der Waals surface area contributed by atoms with Gasteiger partial charge in [-0.3, -0.25) is 9.59 Å². The van der Waals surface area contributed by atoms with Gasteiger partial charge < -0.3 is 19.1 Å². The zero-order chi connectivity index (χ0) is 41.4. The molecule has 0 saturated carbocycles. The molecule has 1 aliphatic heterocycles. The quantitative estimate of drug-likeness (QED) is 0.0452. The third-order valence-electron chi connectivity index (χ3n) is 12.9. The van der Waals surface area contributed by atoms with Gasteiger partial charge in [-0.2, -0.15) is 0 Å². The highest BCUT2D eigenvalue weighted by molar-refractivity contribution is 5.72. The molecule has 6 nitrogen and oxygen atoms in total. The first-order chi connectivity index (χ1) is 28.0. The van der Waals surface area contributed by atoms with Crippen LogP contribution >= 0.6 is 0 Å². The van der Waals surface area contributed by atoms with E-state index in [9.17, 15) is 9.59 Å². The van der Waals surface area contributed by atoms with Gasteiger partial charge in [0.1, 0.15) is 0 Å². The van der Waals surface area contributed by atoms with Gasteiger partial charge in [-0.25, -0.2) is 0 Å². The molecule has 0 N–H and O–H groups in total. The van der Waals surface area contributed by atoms with E-state index in [4.69, 9.17) is 14.2 Å². The summed E-state index contributed by atoms with van der Waals surface area (Å²) in [6.45, 7) is 13.4. The van der Waals surface area contributed by atoms with Crippen molar-refractivity contribution in [3.8, 4) is 0 Å². The fourth-order valence-electron chi connectivity index (χ4n) is 9.09. The minimum Gasteiger partial charge on any atom is -0.465 e. The van der Waals surface area contributed by atoms with Crippen LogP contribution in [0.5, 0.6) is 0 Å². The smallest absolute Gasteiger partial charge is 0.308 e. The molecule has 57 heavy (non-hydrogen) atoms. The van der Waals surface area contributed by atoms with Gasteiger partial charge in [0.25, 0.3) is 0 Å². The summed E-state index contributed by atoms with van der Waals surface area (Å²) in [7, 11) is 1.81. The van der Waals surface area contributed by atoms with Gasteiger partial charge in [-0.1, -0.05) is 169 Å². The van der Waals surface area contributed by atoms with E-state index < -0.39 is 0 Å². The van der Waals surface area contributed by atoms with E-state index in [1.54, 1.807) is 7.11 Å². The number of carbonyl (C=O) groups is 2. The lowest BCUT2D eigenvalue weighted by molar-refractivity contribution is -0.150. The Kier molecular flexibility index (Phi) is 38.1.